The molecule has 0 bridgehead atoms. The number of benzene rings is 1. The van der Waals surface area contributed by atoms with Crippen molar-refractivity contribution in [2.75, 3.05) is 24.5 Å². The molecule has 0 unspecified atom stereocenters. The van der Waals surface area contributed by atoms with Crippen LogP contribution in [0.2, 0.25) is 0 Å². The van der Waals surface area contributed by atoms with Crippen LogP contribution in [0, 0.1) is 6.92 Å². The van der Waals surface area contributed by atoms with Crippen molar-refractivity contribution in [2.45, 2.75) is 39.2 Å². The highest BCUT2D eigenvalue weighted by Gasteiger charge is 2.30. The number of fused-ring (bicyclic) bond motifs is 2. The molecule has 2 aliphatic rings. The summed E-state index contributed by atoms with van der Waals surface area (Å²) in [4.78, 5) is 26.6. The number of aromatic nitrogens is 2. The van der Waals surface area contributed by atoms with Gasteiger partial charge in [0.25, 0.3) is 5.91 Å². The number of carbonyl (C=O) groups excluding carboxylic acids is 1. The highest BCUT2D eigenvalue weighted by Crippen LogP contribution is 2.34. The predicted molar refractivity (Wildman–Crippen MR) is 107 cm³/mol. The van der Waals surface area contributed by atoms with Gasteiger partial charge in [-0.2, -0.15) is 0 Å². The zero-order valence-corrected chi connectivity index (χ0v) is 16.1. The Morgan fingerprint density at radius 1 is 1.04 bits per heavy atom. The van der Waals surface area contributed by atoms with E-state index in [1.807, 2.05) is 17.9 Å². The third kappa shape index (κ3) is 2.84. The molecule has 6 heteroatoms. The van der Waals surface area contributed by atoms with Crippen molar-refractivity contribution in [3.05, 3.63) is 53.0 Å². The summed E-state index contributed by atoms with van der Waals surface area (Å²) in [5, 5.41) is 0.769. The van der Waals surface area contributed by atoms with Crippen LogP contribution in [0.15, 0.2) is 35.0 Å². The van der Waals surface area contributed by atoms with Crippen LogP contribution in [0.4, 0.5) is 5.82 Å². The molecule has 4 heterocycles. The number of anilines is 1. The molecule has 1 saturated heterocycles. The summed E-state index contributed by atoms with van der Waals surface area (Å²) in [5.74, 6) is 1.47. The summed E-state index contributed by atoms with van der Waals surface area (Å²) in [6.07, 6.45) is 5.96. The SMILES string of the molecule is Cc1oc2ncnc(N3CCCCC3)c2c1C(=O)N1CCc2ccccc2C1. The quantitative estimate of drug-likeness (QED) is 0.682. The molecule has 3 aromatic rings. The lowest BCUT2D eigenvalue weighted by Crippen LogP contribution is -2.36. The molecule has 6 nitrogen and oxygen atoms in total. The van der Waals surface area contributed by atoms with E-state index in [0.717, 1.165) is 43.6 Å². The van der Waals surface area contributed by atoms with Gasteiger partial charge in [0.15, 0.2) is 0 Å². The predicted octanol–water partition coefficient (Wildman–Crippen LogP) is 3.72. The van der Waals surface area contributed by atoms with Crippen LogP contribution in [0.25, 0.3) is 11.1 Å². The average molecular weight is 376 g/mol. The molecule has 2 aliphatic heterocycles. The topological polar surface area (TPSA) is 62.5 Å². The Hall–Kier alpha value is -2.89. The fraction of sp³-hybridized carbons (Fsp3) is 0.409. The fourth-order valence-electron chi connectivity index (χ4n) is 4.46. The monoisotopic (exact) mass is 376 g/mol. The minimum atomic E-state index is 0.0128. The summed E-state index contributed by atoms with van der Waals surface area (Å²) >= 11 is 0. The molecule has 0 saturated carbocycles. The van der Waals surface area contributed by atoms with Gasteiger partial charge in [-0.05, 0) is 43.7 Å². The second kappa shape index (κ2) is 6.93. The van der Waals surface area contributed by atoms with Gasteiger partial charge in [0.05, 0.1) is 10.9 Å². The normalized spacial score (nSPS) is 17.0. The summed E-state index contributed by atoms with van der Waals surface area (Å²) in [7, 11) is 0. The smallest absolute Gasteiger partial charge is 0.258 e. The molecule has 0 aliphatic carbocycles. The molecule has 5 rings (SSSR count). The number of amides is 1. The molecule has 0 N–H and O–H groups in total. The summed E-state index contributed by atoms with van der Waals surface area (Å²) in [6, 6.07) is 8.36. The third-order valence-electron chi connectivity index (χ3n) is 5.93. The van der Waals surface area contributed by atoms with Gasteiger partial charge in [-0.15, -0.1) is 0 Å². The summed E-state index contributed by atoms with van der Waals surface area (Å²) < 4.78 is 5.89. The minimum Gasteiger partial charge on any atom is -0.442 e. The van der Waals surface area contributed by atoms with Crippen molar-refractivity contribution < 1.29 is 9.21 Å². The number of piperidine rings is 1. The van der Waals surface area contributed by atoms with E-state index in [4.69, 9.17) is 4.42 Å². The number of carbonyl (C=O) groups is 1. The number of aryl methyl sites for hydroxylation is 1. The first-order valence-electron chi connectivity index (χ1n) is 10.1. The number of hydrogen-bond donors (Lipinski definition) is 0. The van der Waals surface area contributed by atoms with Crippen LogP contribution < -0.4 is 4.90 Å². The molecule has 1 amide bonds. The van der Waals surface area contributed by atoms with Crippen LogP contribution in [-0.2, 0) is 13.0 Å². The molecule has 0 atom stereocenters. The number of hydrogen-bond acceptors (Lipinski definition) is 5. The Labute approximate surface area is 164 Å². The molecule has 28 heavy (non-hydrogen) atoms. The highest BCUT2D eigenvalue weighted by molar-refractivity contribution is 6.10. The summed E-state index contributed by atoms with van der Waals surface area (Å²) in [6.45, 7) is 5.12. The number of furan rings is 1. The lowest BCUT2D eigenvalue weighted by Gasteiger charge is -2.30. The third-order valence-corrected chi connectivity index (χ3v) is 5.93. The van der Waals surface area contributed by atoms with Gasteiger partial charge in [-0.3, -0.25) is 4.79 Å². The van der Waals surface area contributed by atoms with Crippen LogP contribution in [-0.4, -0.2) is 40.4 Å². The number of nitrogens with zero attached hydrogens (tertiary/aromatic N) is 4. The lowest BCUT2D eigenvalue weighted by molar-refractivity contribution is 0.0734. The van der Waals surface area contributed by atoms with Crippen molar-refractivity contribution in [1.82, 2.24) is 14.9 Å². The largest absolute Gasteiger partial charge is 0.442 e. The standard InChI is InChI=1S/C22H24N4O2/c1-15-18(22(27)26-12-9-16-7-3-4-8-17(16)13-26)19-20(23-14-24-21(19)28-15)25-10-5-2-6-11-25/h3-4,7-8,14H,2,5-6,9-13H2,1H3. The Balaban J connectivity index is 1.55. The van der Waals surface area contributed by atoms with Crippen molar-refractivity contribution >= 4 is 22.8 Å². The van der Waals surface area contributed by atoms with Gasteiger partial charge in [0.2, 0.25) is 5.71 Å². The fourth-order valence-corrected chi connectivity index (χ4v) is 4.46. The van der Waals surface area contributed by atoms with Crippen molar-refractivity contribution in [3.63, 3.8) is 0 Å². The highest BCUT2D eigenvalue weighted by atomic mass is 16.3. The zero-order chi connectivity index (χ0) is 19.1. The van der Waals surface area contributed by atoms with E-state index in [1.54, 1.807) is 6.33 Å². The van der Waals surface area contributed by atoms with E-state index in [-0.39, 0.29) is 5.91 Å². The minimum absolute atomic E-state index is 0.0128. The molecule has 0 radical (unpaired) electrons. The van der Waals surface area contributed by atoms with Crippen molar-refractivity contribution in [2.24, 2.45) is 0 Å². The Morgan fingerprint density at radius 2 is 1.82 bits per heavy atom. The van der Waals surface area contributed by atoms with E-state index in [1.165, 1.54) is 17.5 Å². The zero-order valence-electron chi connectivity index (χ0n) is 16.1. The van der Waals surface area contributed by atoms with Crippen LogP contribution in [0.1, 0.15) is 46.5 Å². The van der Waals surface area contributed by atoms with Gasteiger partial charge in [0.1, 0.15) is 17.9 Å². The lowest BCUT2D eigenvalue weighted by atomic mass is 9.99. The summed E-state index contributed by atoms with van der Waals surface area (Å²) in [5.41, 5.74) is 3.68. The first-order chi connectivity index (χ1) is 13.7. The molecule has 0 spiro atoms. The van der Waals surface area contributed by atoms with Gasteiger partial charge >= 0.3 is 0 Å². The van der Waals surface area contributed by atoms with E-state index >= 15 is 0 Å². The van der Waals surface area contributed by atoms with Crippen molar-refractivity contribution in [3.8, 4) is 0 Å². The Kier molecular flexibility index (Phi) is 4.26. The van der Waals surface area contributed by atoms with Gasteiger partial charge < -0.3 is 14.2 Å². The molecular weight excluding hydrogens is 352 g/mol. The molecule has 1 aromatic carbocycles. The van der Waals surface area contributed by atoms with Gasteiger partial charge in [0, 0.05) is 26.2 Å². The van der Waals surface area contributed by atoms with Crippen LogP contribution >= 0.6 is 0 Å². The van der Waals surface area contributed by atoms with Crippen molar-refractivity contribution in [1.29, 1.82) is 0 Å². The molecule has 1 fully saturated rings. The van der Waals surface area contributed by atoms with E-state index in [0.29, 0.717) is 30.1 Å². The second-order valence-electron chi connectivity index (χ2n) is 7.70. The number of rotatable bonds is 2. The van der Waals surface area contributed by atoms with Crippen LogP contribution in [0.3, 0.4) is 0 Å². The second-order valence-corrected chi connectivity index (χ2v) is 7.70. The first kappa shape index (κ1) is 17.2. The van der Waals surface area contributed by atoms with E-state index < -0.39 is 0 Å². The average Bonchev–Trinajstić information content (AvgIpc) is 3.09. The maximum atomic E-state index is 13.5. The molecule has 2 aromatic heterocycles. The van der Waals surface area contributed by atoms with Crippen LogP contribution in [0.5, 0.6) is 0 Å². The van der Waals surface area contributed by atoms with Gasteiger partial charge in [-0.1, -0.05) is 24.3 Å². The maximum absolute atomic E-state index is 13.5. The molecule has 144 valence electrons. The molecular formula is C22H24N4O2. The maximum Gasteiger partial charge on any atom is 0.258 e. The Bertz CT molecular complexity index is 1040. The first-order valence-corrected chi connectivity index (χ1v) is 10.1. The Morgan fingerprint density at radius 3 is 2.64 bits per heavy atom. The van der Waals surface area contributed by atoms with E-state index in [9.17, 15) is 4.79 Å². The van der Waals surface area contributed by atoms with E-state index in [2.05, 4.69) is 33.1 Å². The van der Waals surface area contributed by atoms with Gasteiger partial charge in [-0.25, -0.2) is 9.97 Å².